The zero-order valence-electron chi connectivity index (χ0n) is 7.97. The molecule has 0 fully saturated rings. The molecule has 0 heterocycles. The molecule has 0 aliphatic rings. The topological polar surface area (TPSA) is 26.0 Å². The molecule has 0 bridgehead atoms. The van der Waals surface area contributed by atoms with E-state index in [1.54, 1.807) is 0 Å². The van der Waals surface area contributed by atoms with Gasteiger partial charge in [-0.05, 0) is 30.2 Å². The van der Waals surface area contributed by atoms with Gasteiger partial charge >= 0.3 is 0 Å². The summed E-state index contributed by atoms with van der Waals surface area (Å²) in [5, 5.41) is 0. The second kappa shape index (κ2) is 6.38. The summed E-state index contributed by atoms with van der Waals surface area (Å²) in [6, 6.07) is 4.73. The Kier molecular flexibility index (Phi) is 6.33. The van der Waals surface area contributed by atoms with Gasteiger partial charge in [-0.2, -0.15) is 0 Å². The highest BCUT2D eigenvalue weighted by Crippen LogP contribution is 2.21. The summed E-state index contributed by atoms with van der Waals surface area (Å²) < 4.78 is 13.7. The van der Waals surface area contributed by atoms with E-state index in [4.69, 9.17) is 5.73 Å². The van der Waals surface area contributed by atoms with Crippen LogP contribution in [0.15, 0.2) is 22.7 Å². The normalized spacial score (nSPS) is 12.0. The van der Waals surface area contributed by atoms with Crippen LogP contribution >= 0.6 is 28.3 Å². The highest BCUT2D eigenvalue weighted by atomic mass is 79.9. The van der Waals surface area contributed by atoms with Crippen molar-refractivity contribution >= 4 is 28.3 Å². The Morgan fingerprint density at radius 1 is 1.43 bits per heavy atom. The van der Waals surface area contributed by atoms with Gasteiger partial charge in [0.05, 0.1) is 0 Å². The van der Waals surface area contributed by atoms with Crippen molar-refractivity contribution in [3.63, 3.8) is 0 Å². The fourth-order valence-electron chi connectivity index (χ4n) is 1.27. The zero-order valence-corrected chi connectivity index (χ0v) is 10.4. The van der Waals surface area contributed by atoms with Crippen LogP contribution in [0.2, 0.25) is 0 Å². The Morgan fingerprint density at radius 3 is 2.57 bits per heavy atom. The van der Waals surface area contributed by atoms with Crippen molar-refractivity contribution in [3.8, 4) is 0 Å². The summed E-state index contributed by atoms with van der Waals surface area (Å²) in [4.78, 5) is 0. The second-order valence-corrected chi connectivity index (χ2v) is 4.01. The molecule has 4 heteroatoms. The first-order valence-electron chi connectivity index (χ1n) is 4.35. The van der Waals surface area contributed by atoms with Gasteiger partial charge in [0, 0.05) is 10.5 Å². The molecule has 0 amide bonds. The average Bonchev–Trinajstić information content (AvgIpc) is 2.03. The van der Waals surface area contributed by atoms with Crippen molar-refractivity contribution < 1.29 is 4.39 Å². The number of hydrogen-bond acceptors (Lipinski definition) is 1. The molecule has 0 aliphatic heterocycles. The van der Waals surface area contributed by atoms with E-state index < -0.39 is 0 Å². The maximum absolute atomic E-state index is 12.9. The van der Waals surface area contributed by atoms with E-state index in [0.717, 1.165) is 22.9 Å². The van der Waals surface area contributed by atoms with Crippen LogP contribution in [0.25, 0.3) is 0 Å². The second-order valence-electron chi connectivity index (χ2n) is 3.10. The van der Waals surface area contributed by atoms with Crippen LogP contribution in [0.4, 0.5) is 4.39 Å². The van der Waals surface area contributed by atoms with Gasteiger partial charge in [0.25, 0.3) is 0 Å². The summed E-state index contributed by atoms with van der Waals surface area (Å²) in [5.74, 6) is -0.240. The molecule has 80 valence electrons. The predicted molar refractivity (Wildman–Crippen MR) is 63.2 cm³/mol. The number of halogens is 3. The SMILES string of the molecule is CCC[C@H](N)c1cc(F)cc(Br)c1.Cl. The highest BCUT2D eigenvalue weighted by Gasteiger charge is 2.06. The van der Waals surface area contributed by atoms with Gasteiger partial charge in [0.2, 0.25) is 0 Å². The summed E-state index contributed by atoms with van der Waals surface area (Å²) in [6.45, 7) is 2.06. The van der Waals surface area contributed by atoms with Gasteiger partial charge in [0.15, 0.2) is 0 Å². The first-order valence-corrected chi connectivity index (χ1v) is 5.14. The molecule has 0 saturated heterocycles. The third-order valence-electron chi connectivity index (χ3n) is 1.91. The Labute approximate surface area is 98.4 Å². The molecule has 1 rings (SSSR count). The van der Waals surface area contributed by atoms with Crippen molar-refractivity contribution in [2.75, 3.05) is 0 Å². The maximum atomic E-state index is 12.9. The molecule has 2 N–H and O–H groups in total. The first-order chi connectivity index (χ1) is 6.13. The molecular weight excluding hydrogens is 268 g/mol. The molecule has 14 heavy (non-hydrogen) atoms. The minimum Gasteiger partial charge on any atom is -0.324 e. The molecule has 0 unspecified atom stereocenters. The van der Waals surface area contributed by atoms with Crippen LogP contribution in [0.1, 0.15) is 31.4 Å². The van der Waals surface area contributed by atoms with Crippen LogP contribution in [-0.2, 0) is 0 Å². The molecule has 0 spiro atoms. The molecule has 0 aromatic heterocycles. The monoisotopic (exact) mass is 281 g/mol. The molecule has 1 aromatic carbocycles. The quantitative estimate of drug-likeness (QED) is 0.896. The van der Waals surface area contributed by atoms with Crippen LogP contribution in [0, 0.1) is 5.82 Å². The van der Waals surface area contributed by atoms with Crippen LogP contribution in [-0.4, -0.2) is 0 Å². The number of benzene rings is 1. The summed E-state index contributed by atoms with van der Waals surface area (Å²) in [5.41, 5.74) is 6.71. The third-order valence-corrected chi connectivity index (χ3v) is 2.37. The van der Waals surface area contributed by atoms with Crippen LogP contribution < -0.4 is 5.73 Å². The summed E-state index contributed by atoms with van der Waals surface area (Å²) in [6.07, 6.45) is 1.89. The van der Waals surface area contributed by atoms with Gasteiger partial charge in [-0.15, -0.1) is 12.4 Å². The Hall–Kier alpha value is -0.120. The number of nitrogens with two attached hydrogens (primary N) is 1. The van der Waals surface area contributed by atoms with Crippen LogP contribution in [0.5, 0.6) is 0 Å². The fraction of sp³-hybridized carbons (Fsp3) is 0.400. The van der Waals surface area contributed by atoms with Gasteiger partial charge in [-0.25, -0.2) is 4.39 Å². The van der Waals surface area contributed by atoms with Gasteiger partial charge in [0.1, 0.15) is 5.82 Å². The Balaban J connectivity index is 0.00000169. The van der Waals surface area contributed by atoms with E-state index >= 15 is 0 Å². The van der Waals surface area contributed by atoms with E-state index in [1.165, 1.54) is 12.1 Å². The lowest BCUT2D eigenvalue weighted by molar-refractivity contribution is 0.604. The summed E-state index contributed by atoms with van der Waals surface area (Å²) in [7, 11) is 0. The molecule has 0 saturated carbocycles. The van der Waals surface area contributed by atoms with Crippen molar-refractivity contribution in [2.45, 2.75) is 25.8 Å². The van der Waals surface area contributed by atoms with Crippen molar-refractivity contribution in [1.82, 2.24) is 0 Å². The van der Waals surface area contributed by atoms with E-state index in [9.17, 15) is 4.39 Å². The molecule has 0 radical (unpaired) electrons. The predicted octanol–water partition coefficient (Wildman–Crippen LogP) is 3.81. The molecular formula is C10H14BrClFN. The maximum Gasteiger partial charge on any atom is 0.124 e. The highest BCUT2D eigenvalue weighted by molar-refractivity contribution is 9.10. The lowest BCUT2D eigenvalue weighted by Gasteiger charge is -2.10. The lowest BCUT2D eigenvalue weighted by atomic mass is 10.0. The molecule has 1 atom stereocenters. The average molecular weight is 283 g/mol. The third kappa shape index (κ3) is 3.95. The van der Waals surface area contributed by atoms with Crippen LogP contribution in [0.3, 0.4) is 0 Å². The smallest absolute Gasteiger partial charge is 0.124 e. The van der Waals surface area contributed by atoms with Gasteiger partial charge in [-0.3, -0.25) is 0 Å². The van der Waals surface area contributed by atoms with Gasteiger partial charge < -0.3 is 5.73 Å². The molecule has 1 nitrogen and oxygen atoms in total. The van der Waals surface area contributed by atoms with Crippen molar-refractivity contribution in [2.24, 2.45) is 5.73 Å². The molecule has 0 aliphatic carbocycles. The standard InChI is InChI=1S/C10H13BrFN.ClH/c1-2-3-10(13)7-4-8(11)6-9(12)5-7;/h4-6,10H,2-3,13H2,1H3;1H/t10-;/m0./s1. The first kappa shape index (κ1) is 13.9. The minimum absolute atomic E-state index is 0. The summed E-state index contributed by atoms with van der Waals surface area (Å²) >= 11 is 3.24. The van der Waals surface area contributed by atoms with Gasteiger partial charge in [-0.1, -0.05) is 29.3 Å². The lowest BCUT2D eigenvalue weighted by Crippen LogP contribution is -2.09. The van der Waals surface area contributed by atoms with E-state index in [1.807, 2.05) is 6.07 Å². The van der Waals surface area contributed by atoms with E-state index in [2.05, 4.69) is 22.9 Å². The largest absolute Gasteiger partial charge is 0.324 e. The fourth-order valence-corrected chi connectivity index (χ4v) is 1.75. The van der Waals surface area contributed by atoms with Crippen molar-refractivity contribution in [1.29, 1.82) is 0 Å². The Morgan fingerprint density at radius 2 is 2.07 bits per heavy atom. The molecule has 1 aromatic rings. The Bertz CT molecular complexity index is 273. The number of hydrogen-bond donors (Lipinski definition) is 1. The van der Waals surface area contributed by atoms with Crippen molar-refractivity contribution in [3.05, 3.63) is 34.1 Å². The van der Waals surface area contributed by atoms with E-state index in [-0.39, 0.29) is 24.3 Å². The minimum atomic E-state index is -0.240. The van der Waals surface area contributed by atoms with E-state index in [0.29, 0.717) is 0 Å². The zero-order chi connectivity index (χ0) is 9.84. The number of rotatable bonds is 3.